The van der Waals surface area contributed by atoms with Gasteiger partial charge in [-0.15, -0.1) is 0 Å². The number of para-hydroxylation sites is 1. The van der Waals surface area contributed by atoms with E-state index in [9.17, 15) is 0 Å². The van der Waals surface area contributed by atoms with Gasteiger partial charge in [0.25, 0.3) is 0 Å². The third-order valence-corrected chi connectivity index (χ3v) is 8.96. The van der Waals surface area contributed by atoms with Gasteiger partial charge in [-0.1, -0.05) is 146 Å². The first-order chi connectivity index (χ1) is 23.3. The van der Waals surface area contributed by atoms with Crippen molar-refractivity contribution in [3.8, 4) is 22.3 Å². The topological polar surface area (TPSA) is 49.9 Å². The van der Waals surface area contributed by atoms with Gasteiger partial charge in [-0.25, -0.2) is 9.98 Å². The van der Waals surface area contributed by atoms with E-state index in [-0.39, 0.29) is 6.17 Å². The first-order valence-electron chi connectivity index (χ1n) is 15.9. The molecule has 0 fully saturated rings. The van der Waals surface area contributed by atoms with Crippen molar-refractivity contribution in [1.82, 2.24) is 5.32 Å². The molecule has 1 unspecified atom stereocenters. The maximum absolute atomic E-state index is 6.26. The number of benzene rings is 7. The molecule has 222 valence electrons. The molecular formula is C43H29N3O. The number of hydrogen-bond donors (Lipinski definition) is 1. The average Bonchev–Trinajstić information content (AvgIpc) is 3.54. The number of fused-ring (bicyclic) bond motifs is 4. The van der Waals surface area contributed by atoms with Crippen LogP contribution in [0.4, 0.5) is 0 Å². The first-order valence-corrected chi connectivity index (χ1v) is 15.9. The Morgan fingerprint density at radius 1 is 0.489 bits per heavy atom. The molecule has 7 aromatic carbocycles. The molecular weight excluding hydrogens is 574 g/mol. The van der Waals surface area contributed by atoms with Gasteiger partial charge in [-0.05, 0) is 51.2 Å². The largest absolute Gasteiger partial charge is 0.456 e. The minimum absolute atomic E-state index is 0.383. The third kappa shape index (κ3) is 4.88. The zero-order chi connectivity index (χ0) is 31.2. The molecule has 0 bridgehead atoms. The molecule has 0 saturated heterocycles. The van der Waals surface area contributed by atoms with Gasteiger partial charge in [-0.3, -0.25) is 0 Å². The van der Waals surface area contributed by atoms with E-state index in [1.54, 1.807) is 0 Å². The highest BCUT2D eigenvalue weighted by Gasteiger charge is 2.25. The van der Waals surface area contributed by atoms with Gasteiger partial charge in [0.05, 0.1) is 0 Å². The van der Waals surface area contributed by atoms with Crippen LogP contribution in [0, 0.1) is 0 Å². The Balaban J connectivity index is 1.18. The number of aliphatic imine (C=N–C) groups is 2. The van der Waals surface area contributed by atoms with Crippen molar-refractivity contribution in [2.24, 2.45) is 9.98 Å². The average molecular weight is 604 g/mol. The second-order valence-electron chi connectivity index (χ2n) is 11.8. The van der Waals surface area contributed by atoms with Crippen LogP contribution in [0.15, 0.2) is 178 Å². The van der Waals surface area contributed by atoms with Crippen LogP contribution in [0.3, 0.4) is 0 Å². The highest BCUT2D eigenvalue weighted by Crippen LogP contribution is 2.36. The molecule has 1 aromatic heterocycles. The standard InChI is InChI=1S/C43H29N3O/c1-2-12-30(13-3-1)34-15-6-7-16-35(34)42-44-41(31-24-21-29(22-25-31)33-26-23-28-11-4-5-14-32(28)27-33)45-43(46-42)37-18-10-20-39-40(37)36-17-8-9-19-38(36)47-39/h1-27,43H,(H,44,45,46). The Labute approximate surface area is 272 Å². The highest BCUT2D eigenvalue weighted by atomic mass is 16.3. The van der Waals surface area contributed by atoms with Gasteiger partial charge >= 0.3 is 0 Å². The lowest BCUT2D eigenvalue weighted by Gasteiger charge is -2.25. The van der Waals surface area contributed by atoms with Crippen molar-refractivity contribution in [3.63, 3.8) is 0 Å². The second-order valence-corrected chi connectivity index (χ2v) is 11.8. The normalized spacial score (nSPS) is 14.6. The van der Waals surface area contributed by atoms with Gasteiger partial charge in [0.15, 0.2) is 5.84 Å². The smallest absolute Gasteiger partial charge is 0.159 e. The molecule has 2 heterocycles. The van der Waals surface area contributed by atoms with Gasteiger partial charge in [0.2, 0.25) is 0 Å². The molecule has 0 radical (unpaired) electrons. The number of amidine groups is 2. The van der Waals surface area contributed by atoms with Crippen molar-refractivity contribution in [1.29, 1.82) is 0 Å². The molecule has 0 aliphatic carbocycles. The Kier molecular flexibility index (Phi) is 6.50. The van der Waals surface area contributed by atoms with Crippen molar-refractivity contribution in [3.05, 3.63) is 180 Å². The van der Waals surface area contributed by atoms with E-state index in [4.69, 9.17) is 14.4 Å². The summed E-state index contributed by atoms with van der Waals surface area (Å²) in [6, 6.07) is 56.9. The molecule has 0 amide bonds. The number of nitrogens with one attached hydrogen (secondary N) is 1. The number of rotatable bonds is 5. The van der Waals surface area contributed by atoms with Gasteiger partial charge in [0, 0.05) is 27.5 Å². The van der Waals surface area contributed by atoms with Crippen LogP contribution >= 0.6 is 0 Å². The van der Waals surface area contributed by atoms with Crippen molar-refractivity contribution < 1.29 is 4.42 Å². The summed E-state index contributed by atoms with van der Waals surface area (Å²) in [6.45, 7) is 0. The summed E-state index contributed by atoms with van der Waals surface area (Å²) in [6.07, 6.45) is -0.383. The molecule has 4 heteroatoms. The predicted octanol–water partition coefficient (Wildman–Crippen LogP) is 10.6. The van der Waals surface area contributed by atoms with Gasteiger partial charge in [-0.2, -0.15) is 0 Å². The summed E-state index contributed by atoms with van der Waals surface area (Å²) in [4.78, 5) is 10.4. The van der Waals surface area contributed by atoms with Gasteiger partial charge < -0.3 is 9.73 Å². The molecule has 4 nitrogen and oxygen atoms in total. The summed E-state index contributed by atoms with van der Waals surface area (Å²) < 4.78 is 6.26. The Bertz CT molecular complexity index is 2490. The lowest BCUT2D eigenvalue weighted by Crippen LogP contribution is -2.34. The molecule has 8 aromatic rings. The summed E-state index contributed by atoms with van der Waals surface area (Å²) >= 11 is 0. The van der Waals surface area contributed by atoms with Gasteiger partial charge in [0.1, 0.15) is 23.2 Å². The zero-order valence-electron chi connectivity index (χ0n) is 25.5. The third-order valence-electron chi connectivity index (χ3n) is 8.96. The van der Waals surface area contributed by atoms with E-state index in [0.29, 0.717) is 5.84 Å². The molecule has 0 saturated carbocycles. The fraction of sp³-hybridized carbons (Fsp3) is 0.0233. The summed E-state index contributed by atoms with van der Waals surface area (Å²) in [5.41, 5.74) is 9.31. The van der Waals surface area contributed by atoms with E-state index in [1.807, 2.05) is 30.3 Å². The van der Waals surface area contributed by atoms with Crippen LogP contribution in [0.2, 0.25) is 0 Å². The minimum Gasteiger partial charge on any atom is -0.456 e. The maximum atomic E-state index is 6.26. The van der Waals surface area contributed by atoms with Crippen LogP contribution in [-0.4, -0.2) is 11.7 Å². The lowest BCUT2D eigenvalue weighted by atomic mass is 9.97. The molecule has 1 aliphatic heterocycles. The van der Waals surface area contributed by atoms with E-state index in [2.05, 4.69) is 139 Å². The van der Waals surface area contributed by atoms with Crippen LogP contribution in [-0.2, 0) is 0 Å². The van der Waals surface area contributed by atoms with Crippen LogP contribution in [0.1, 0.15) is 22.9 Å². The zero-order valence-corrected chi connectivity index (χ0v) is 25.5. The van der Waals surface area contributed by atoms with Crippen LogP contribution in [0.5, 0.6) is 0 Å². The first kappa shape index (κ1) is 27.1. The minimum atomic E-state index is -0.383. The summed E-state index contributed by atoms with van der Waals surface area (Å²) in [5.74, 6) is 1.46. The summed E-state index contributed by atoms with van der Waals surface area (Å²) in [5, 5.41) is 8.32. The summed E-state index contributed by atoms with van der Waals surface area (Å²) in [7, 11) is 0. The van der Waals surface area contributed by atoms with E-state index in [1.165, 1.54) is 16.3 Å². The molecule has 9 rings (SSSR count). The van der Waals surface area contributed by atoms with Crippen molar-refractivity contribution in [2.75, 3.05) is 0 Å². The monoisotopic (exact) mass is 603 g/mol. The number of furan rings is 1. The molecule has 0 spiro atoms. The quantitative estimate of drug-likeness (QED) is 0.213. The predicted molar refractivity (Wildman–Crippen MR) is 194 cm³/mol. The fourth-order valence-corrected chi connectivity index (χ4v) is 6.65. The molecule has 47 heavy (non-hydrogen) atoms. The van der Waals surface area contributed by atoms with Crippen molar-refractivity contribution >= 4 is 44.4 Å². The SMILES string of the molecule is c1ccc(-c2ccccc2C2=NC(c3ccc(-c4ccc5ccccc5c4)cc3)=NC(c3cccc4oc5ccccc5c34)N2)cc1. The highest BCUT2D eigenvalue weighted by molar-refractivity contribution is 6.16. The van der Waals surface area contributed by atoms with Crippen LogP contribution < -0.4 is 5.32 Å². The molecule has 1 atom stereocenters. The second kappa shape index (κ2) is 11.3. The van der Waals surface area contributed by atoms with E-state index in [0.717, 1.165) is 61.2 Å². The maximum Gasteiger partial charge on any atom is 0.159 e. The Hall–Kier alpha value is -6.26. The van der Waals surface area contributed by atoms with E-state index < -0.39 is 0 Å². The lowest BCUT2D eigenvalue weighted by molar-refractivity contribution is 0.662. The molecule has 1 aliphatic rings. The van der Waals surface area contributed by atoms with Crippen LogP contribution in [0.25, 0.3) is 55.0 Å². The Morgan fingerprint density at radius 2 is 1.17 bits per heavy atom. The molecule has 1 N–H and O–H groups in total. The Morgan fingerprint density at radius 3 is 2.04 bits per heavy atom. The van der Waals surface area contributed by atoms with E-state index >= 15 is 0 Å². The fourth-order valence-electron chi connectivity index (χ4n) is 6.65. The van der Waals surface area contributed by atoms with Crippen molar-refractivity contribution in [2.45, 2.75) is 6.17 Å². The number of hydrogen-bond acceptors (Lipinski definition) is 4. The number of nitrogens with zero attached hydrogens (tertiary/aromatic N) is 2.